The van der Waals surface area contributed by atoms with E-state index in [4.69, 9.17) is 18.6 Å². The standard InChI is InChI=1S/C25H23N3O5S/c1-30-20-14-17(15-21(31-2)23(20)32-3)24-26-27-25(33-24)34-16-22(29)28(18-10-6-4-7-11-18)19-12-8-5-9-13-19/h4-15H,16H2,1-3H3. The third kappa shape index (κ3) is 4.99. The van der Waals surface area contributed by atoms with Crippen LogP contribution in [0.5, 0.6) is 17.2 Å². The van der Waals surface area contributed by atoms with Gasteiger partial charge >= 0.3 is 0 Å². The molecule has 8 nitrogen and oxygen atoms in total. The molecular formula is C25H23N3O5S. The van der Waals surface area contributed by atoms with Crippen LogP contribution in [0.15, 0.2) is 82.4 Å². The fraction of sp³-hybridized carbons (Fsp3) is 0.160. The molecule has 174 valence electrons. The van der Waals surface area contributed by atoms with Gasteiger partial charge in [-0.1, -0.05) is 48.2 Å². The summed E-state index contributed by atoms with van der Waals surface area (Å²) in [5.41, 5.74) is 2.17. The van der Waals surface area contributed by atoms with Gasteiger partial charge in [-0.15, -0.1) is 10.2 Å². The lowest BCUT2D eigenvalue weighted by molar-refractivity contribution is -0.115. The maximum absolute atomic E-state index is 13.2. The molecule has 0 radical (unpaired) electrons. The first-order valence-electron chi connectivity index (χ1n) is 10.3. The largest absolute Gasteiger partial charge is 0.493 e. The summed E-state index contributed by atoms with van der Waals surface area (Å²) in [7, 11) is 4.60. The number of rotatable bonds is 9. The Bertz CT molecular complexity index is 1180. The van der Waals surface area contributed by atoms with Crippen molar-refractivity contribution in [2.24, 2.45) is 0 Å². The highest BCUT2D eigenvalue weighted by Gasteiger charge is 2.21. The molecule has 0 saturated carbocycles. The number of anilines is 2. The number of nitrogens with zero attached hydrogens (tertiary/aromatic N) is 3. The van der Waals surface area contributed by atoms with Crippen LogP contribution in [-0.4, -0.2) is 43.2 Å². The van der Waals surface area contributed by atoms with Crippen molar-refractivity contribution in [3.05, 3.63) is 72.8 Å². The van der Waals surface area contributed by atoms with E-state index in [2.05, 4.69) is 10.2 Å². The van der Waals surface area contributed by atoms with Gasteiger partial charge in [-0.3, -0.25) is 9.69 Å². The molecule has 34 heavy (non-hydrogen) atoms. The van der Waals surface area contributed by atoms with Crippen molar-refractivity contribution in [3.8, 4) is 28.7 Å². The Hall–Kier alpha value is -3.98. The first-order chi connectivity index (χ1) is 16.6. The number of aromatic nitrogens is 2. The number of hydrogen-bond donors (Lipinski definition) is 0. The van der Waals surface area contributed by atoms with Crippen molar-refractivity contribution in [1.82, 2.24) is 10.2 Å². The smallest absolute Gasteiger partial charge is 0.277 e. The number of methoxy groups -OCH3 is 3. The molecule has 1 amide bonds. The molecular weight excluding hydrogens is 454 g/mol. The molecule has 0 aliphatic rings. The number of para-hydroxylation sites is 2. The van der Waals surface area contributed by atoms with E-state index in [0.717, 1.165) is 11.4 Å². The summed E-state index contributed by atoms with van der Waals surface area (Å²) < 4.78 is 21.9. The van der Waals surface area contributed by atoms with Crippen LogP contribution >= 0.6 is 11.8 Å². The van der Waals surface area contributed by atoms with Crippen LogP contribution in [0.4, 0.5) is 11.4 Å². The van der Waals surface area contributed by atoms with E-state index in [1.54, 1.807) is 17.0 Å². The topological polar surface area (TPSA) is 86.9 Å². The number of amides is 1. The van der Waals surface area contributed by atoms with E-state index in [1.165, 1.54) is 33.1 Å². The van der Waals surface area contributed by atoms with Crippen molar-refractivity contribution in [2.45, 2.75) is 5.22 Å². The lowest BCUT2D eigenvalue weighted by Crippen LogP contribution is -2.27. The van der Waals surface area contributed by atoms with Crippen molar-refractivity contribution >= 4 is 29.0 Å². The number of carbonyl (C=O) groups excluding carboxylic acids is 1. The maximum Gasteiger partial charge on any atom is 0.277 e. The zero-order valence-corrected chi connectivity index (χ0v) is 19.7. The minimum atomic E-state index is -0.116. The Morgan fingerprint density at radius 3 is 1.91 bits per heavy atom. The molecule has 0 aliphatic carbocycles. The van der Waals surface area contributed by atoms with Crippen LogP contribution in [0, 0.1) is 0 Å². The van der Waals surface area contributed by atoms with Gasteiger partial charge in [-0.25, -0.2) is 0 Å². The molecule has 0 fully saturated rings. The molecule has 0 N–H and O–H groups in total. The summed E-state index contributed by atoms with van der Waals surface area (Å²) in [5, 5.41) is 8.48. The van der Waals surface area contributed by atoms with Gasteiger partial charge in [0.2, 0.25) is 17.5 Å². The van der Waals surface area contributed by atoms with Crippen LogP contribution in [-0.2, 0) is 4.79 Å². The average Bonchev–Trinajstić information content (AvgIpc) is 3.37. The summed E-state index contributed by atoms with van der Waals surface area (Å²) in [6, 6.07) is 22.4. The Morgan fingerprint density at radius 2 is 1.41 bits per heavy atom. The van der Waals surface area contributed by atoms with Crippen molar-refractivity contribution in [2.75, 3.05) is 32.0 Å². The molecule has 0 unspecified atom stereocenters. The van der Waals surface area contributed by atoms with E-state index in [-0.39, 0.29) is 22.8 Å². The van der Waals surface area contributed by atoms with Gasteiger partial charge in [0.1, 0.15) is 0 Å². The molecule has 3 aromatic carbocycles. The minimum Gasteiger partial charge on any atom is -0.493 e. The number of benzene rings is 3. The van der Waals surface area contributed by atoms with Gasteiger partial charge < -0.3 is 18.6 Å². The van der Waals surface area contributed by atoms with Gasteiger partial charge in [0, 0.05) is 16.9 Å². The number of carbonyl (C=O) groups is 1. The van der Waals surface area contributed by atoms with E-state index < -0.39 is 0 Å². The Balaban J connectivity index is 1.53. The van der Waals surface area contributed by atoms with Crippen molar-refractivity contribution < 1.29 is 23.4 Å². The van der Waals surface area contributed by atoms with E-state index in [1.807, 2.05) is 60.7 Å². The molecule has 0 bridgehead atoms. The number of ether oxygens (including phenoxy) is 3. The predicted molar refractivity (Wildman–Crippen MR) is 130 cm³/mol. The van der Waals surface area contributed by atoms with Gasteiger partial charge in [0.05, 0.1) is 27.1 Å². The highest BCUT2D eigenvalue weighted by molar-refractivity contribution is 7.99. The molecule has 0 spiro atoms. The Kier molecular flexibility index (Phi) is 7.34. The van der Waals surface area contributed by atoms with Gasteiger partial charge in [-0.2, -0.15) is 0 Å². The van der Waals surface area contributed by atoms with E-state index >= 15 is 0 Å². The van der Waals surface area contributed by atoms with Gasteiger partial charge in [0.15, 0.2) is 11.5 Å². The fourth-order valence-corrected chi connectivity index (χ4v) is 3.98. The Morgan fingerprint density at radius 1 is 0.853 bits per heavy atom. The van der Waals surface area contributed by atoms with Crippen LogP contribution in [0.1, 0.15) is 0 Å². The summed E-state index contributed by atoms with van der Waals surface area (Å²) in [6.07, 6.45) is 0. The monoisotopic (exact) mass is 477 g/mol. The lowest BCUT2D eigenvalue weighted by Gasteiger charge is -2.22. The second-order valence-electron chi connectivity index (χ2n) is 6.98. The molecule has 0 saturated heterocycles. The first-order valence-corrected chi connectivity index (χ1v) is 11.3. The van der Waals surface area contributed by atoms with Crippen LogP contribution < -0.4 is 19.1 Å². The first kappa shape index (κ1) is 23.2. The van der Waals surface area contributed by atoms with Crippen LogP contribution in [0.25, 0.3) is 11.5 Å². The average molecular weight is 478 g/mol. The molecule has 9 heteroatoms. The van der Waals surface area contributed by atoms with Crippen LogP contribution in [0.3, 0.4) is 0 Å². The SMILES string of the molecule is COc1cc(-c2nnc(SCC(=O)N(c3ccccc3)c3ccccc3)o2)cc(OC)c1OC. The molecule has 1 aromatic heterocycles. The van der Waals surface area contributed by atoms with Gasteiger partial charge in [-0.05, 0) is 36.4 Å². The Labute approximate surface area is 201 Å². The minimum absolute atomic E-state index is 0.112. The second-order valence-corrected chi connectivity index (χ2v) is 7.90. The highest BCUT2D eigenvalue weighted by Crippen LogP contribution is 2.41. The quantitative estimate of drug-likeness (QED) is 0.303. The molecule has 0 atom stereocenters. The second kappa shape index (κ2) is 10.8. The van der Waals surface area contributed by atoms with Crippen molar-refractivity contribution in [1.29, 1.82) is 0 Å². The summed E-state index contributed by atoms with van der Waals surface area (Å²) in [5.74, 6) is 1.69. The maximum atomic E-state index is 13.2. The highest BCUT2D eigenvalue weighted by atomic mass is 32.2. The number of thioether (sulfide) groups is 1. The zero-order chi connectivity index (χ0) is 23.9. The normalized spacial score (nSPS) is 10.6. The summed E-state index contributed by atoms with van der Waals surface area (Å²) >= 11 is 1.17. The molecule has 0 aliphatic heterocycles. The molecule has 4 aromatic rings. The summed E-state index contributed by atoms with van der Waals surface area (Å²) in [6.45, 7) is 0. The van der Waals surface area contributed by atoms with E-state index in [0.29, 0.717) is 22.8 Å². The van der Waals surface area contributed by atoms with E-state index in [9.17, 15) is 4.79 Å². The molecule has 1 heterocycles. The third-order valence-electron chi connectivity index (χ3n) is 4.92. The molecule has 4 rings (SSSR count). The fourth-order valence-electron chi connectivity index (χ4n) is 3.37. The number of hydrogen-bond acceptors (Lipinski definition) is 8. The lowest BCUT2D eigenvalue weighted by atomic mass is 10.2. The summed E-state index contributed by atoms with van der Waals surface area (Å²) in [4.78, 5) is 14.9. The third-order valence-corrected chi connectivity index (χ3v) is 5.72. The van der Waals surface area contributed by atoms with Gasteiger partial charge in [0.25, 0.3) is 5.22 Å². The predicted octanol–water partition coefficient (Wildman–Crippen LogP) is 5.22. The van der Waals surface area contributed by atoms with Crippen molar-refractivity contribution in [3.63, 3.8) is 0 Å². The van der Waals surface area contributed by atoms with Crippen LogP contribution in [0.2, 0.25) is 0 Å². The zero-order valence-electron chi connectivity index (χ0n) is 18.9.